The van der Waals surface area contributed by atoms with Crippen LogP contribution in [-0.2, 0) is 23.9 Å². The number of phenols is 1. The standard InChI is InChI=1S/C27H40N4O2/c1-9-18(10-2)11-12-31-20(15-28)16-30(25(31)29)17-23(32)19-13-21(26(3,4)5)24(33)22(14-19)27(6,7)8/h13-14,16,18,29,33H,9-12,17H2,1-8H3. The number of hydrogen-bond acceptors (Lipinski definition) is 4. The quantitative estimate of drug-likeness (QED) is 0.507. The second kappa shape index (κ2) is 9.99. The molecule has 1 heterocycles. The summed E-state index contributed by atoms with van der Waals surface area (Å²) >= 11 is 0. The van der Waals surface area contributed by atoms with Crippen molar-refractivity contribution in [3.63, 3.8) is 0 Å². The first-order valence-corrected chi connectivity index (χ1v) is 11.9. The van der Waals surface area contributed by atoms with Crippen molar-refractivity contribution >= 4 is 5.78 Å². The van der Waals surface area contributed by atoms with Crippen molar-refractivity contribution in [3.05, 3.63) is 46.3 Å². The molecule has 0 bridgehead atoms. The first-order valence-electron chi connectivity index (χ1n) is 11.9. The molecular weight excluding hydrogens is 412 g/mol. The zero-order chi connectivity index (χ0) is 25.1. The lowest BCUT2D eigenvalue weighted by molar-refractivity contribution is 0.0969. The van der Waals surface area contributed by atoms with Gasteiger partial charge in [0.05, 0.1) is 6.54 Å². The van der Waals surface area contributed by atoms with Crippen molar-refractivity contribution < 1.29 is 9.90 Å². The summed E-state index contributed by atoms with van der Waals surface area (Å²) in [6.07, 6.45) is 4.64. The van der Waals surface area contributed by atoms with Gasteiger partial charge < -0.3 is 14.2 Å². The molecule has 0 atom stereocenters. The Morgan fingerprint density at radius 1 is 1.09 bits per heavy atom. The van der Waals surface area contributed by atoms with Gasteiger partial charge in [-0.15, -0.1) is 0 Å². The third-order valence-corrected chi connectivity index (χ3v) is 6.49. The van der Waals surface area contributed by atoms with E-state index < -0.39 is 0 Å². The number of hydrogen-bond donors (Lipinski definition) is 2. The number of nitrogens with zero attached hydrogens (tertiary/aromatic N) is 3. The maximum atomic E-state index is 13.3. The van der Waals surface area contributed by atoms with E-state index in [4.69, 9.17) is 5.41 Å². The molecule has 180 valence electrons. The van der Waals surface area contributed by atoms with Gasteiger partial charge >= 0.3 is 0 Å². The average Bonchev–Trinajstić information content (AvgIpc) is 3.01. The highest BCUT2D eigenvalue weighted by Crippen LogP contribution is 2.39. The van der Waals surface area contributed by atoms with Gasteiger partial charge in [0.25, 0.3) is 0 Å². The van der Waals surface area contributed by atoms with Gasteiger partial charge in [0, 0.05) is 29.4 Å². The maximum Gasteiger partial charge on any atom is 0.203 e. The monoisotopic (exact) mass is 452 g/mol. The number of ketones is 1. The molecule has 2 aromatic rings. The van der Waals surface area contributed by atoms with Crippen molar-refractivity contribution in [1.29, 1.82) is 10.7 Å². The molecule has 0 amide bonds. The topological polar surface area (TPSA) is 94.8 Å². The molecule has 0 aliphatic heterocycles. The van der Waals surface area contributed by atoms with Crippen molar-refractivity contribution in [2.24, 2.45) is 5.92 Å². The van der Waals surface area contributed by atoms with E-state index in [1.165, 1.54) is 0 Å². The molecule has 0 saturated heterocycles. The Morgan fingerprint density at radius 3 is 2.03 bits per heavy atom. The minimum absolute atomic E-state index is 0.0244. The summed E-state index contributed by atoms with van der Waals surface area (Å²) in [4.78, 5) is 13.3. The lowest BCUT2D eigenvalue weighted by Crippen LogP contribution is -2.28. The predicted octanol–water partition coefficient (Wildman–Crippen LogP) is 5.65. The number of rotatable bonds is 8. The highest BCUT2D eigenvalue weighted by atomic mass is 16.3. The third kappa shape index (κ3) is 5.96. The van der Waals surface area contributed by atoms with Gasteiger partial charge in [0.15, 0.2) is 5.78 Å². The van der Waals surface area contributed by atoms with Crippen LogP contribution in [0.15, 0.2) is 18.3 Å². The van der Waals surface area contributed by atoms with E-state index in [9.17, 15) is 15.2 Å². The molecule has 0 aliphatic rings. The Morgan fingerprint density at radius 2 is 1.61 bits per heavy atom. The Bertz CT molecular complexity index is 1060. The van der Waals surface area contributed by atoms with Crippen LogP contribution in [0.4, 0.5) is 0 Å². The van der Waals surface area contributed by atoms with Crippen LogP contribution in [0.3, 0.4) is 0 Å². The molecule has 6 heteroatoms. The van der Waals surface area contributed by atoms with Crippen LogP contribution in [0.1, 0.15) is 102 Å². The van der Waals surface area contributed by atoms with Gasteiger partial charge in [-0.3, -0.25) is 10.2 Å². The zero-order valence-corrected chi connectivity index (χ0v) is 21.5. The number of imidazole rings is 1. The smallest absolute Gasteiger partial charge is 0.203 e. The molecule has 0 spiro atoms. The number of benzene rings is 1. The minimum Gasteiger partial charge on any atom is -0.507 e. The second-order valence-corrected chi connectivity index (χ2v) is 11.0. The molecule has 0 aliphatic carbocycles. The first kappa shape index (κ1) is 26.4. The normalized spacial score (nSPS) is 12.2. The van der Waals surface area contributed by atoms with E-state index in [-0.39, 0.29) is 34.5 Å². The molecular formula is C27H40N4O2. The van der Waals surface area contributed by atoms with Crippen LogP contribution in [0.25, 0.3) is 0 Å². The summed E-state index contributed by atoms with van der Waals surface area (Å²) in [6.45, 7) is 17.0. The molecule has 0 radical (unpaired) electrons. The van der Waals surface area contributed by atoms with Crippen LogP contribution >= 0.6 is 0 Å². The van der Waals surface area contributed by atoms with Crippen molar-refractivity contribution in [2.75, 3.05) is 0 Å². The molecule has 0 saturated carbocycles. The second-order valence-electron chi connectivity index (χ2n) is 11.0. The summed E-state index contributed by atoms with van der Waals surface area (Å²) in [5, 5.41) is 29.1. The Labute approximate surface area is 198 Å². The van der Waals surface area contributed by atoms with E-state index in [2.05, 4.69) is 19.9 Å². The lowest BCUT2D eigenvalue weighted by Gasteiger charge is -2.28. The van der Waals surface area contributed by atoms with Crippen molar-refractivity contribution in [2.45, 2.75) is 98.6 Å². The molecule has 1 aromatic carbocycles. The minimum atomic E-state index is -0.333. The van der Waals surface area contributed by atoms with Crippen LogP contribution < -0.4 is 5.62 Å². The number of nitriles is 1. The van der Waals surface area contributed by atoms with Crippen LogP contribution in [0.5, 0.6) is 5.75 Å². The van der Waals surface area contributed by atoms with Gasteiger partial charge in [-0.2, -0.15) is 5.26 Å². The Balaban J connectivity index is 2.45. The average molecular weight is 453 g/mol. The summed E-state index contributed by atoms with van der Waals surface area (Å²) < 4.78 is 3.25. The van der Waals surface area contributed by atoms with Gasteiger partial charge in [-0.1, -0.05) is 68.2 Å². The highest BCUT2D eigenvalue weighted by molar-refractivity contribution is 5.96. The fourth-order valence-electron chi connectivity index (χ4n) is 4.18. The lowest BCUT2D eigenvalue weighted by atomic mass is 9.78. The fraction of sp³-hybridized carbons (Fsp3) is 0.593. The number of carbonyl (C=O) groups is 1. The molecule has 33 heavy (non-hydrogen) atoms. The third-order valence-electron chi connectivity index (χ3n) is 6.49. The number of Topliss-reactive ketones (excluding diaryl/α,β-unsaturated/α-hetero) is 1. The Hall–Kier alpha value is -2.81. The van der Waals surface area contributed by atoms with Gasteiger partial charge in [0.1, 0.15) is 17.5 Å². The van der Waals surface area contributed by atoms with Crippen molar-refractivity contribution in [1.82, 2.24) is 9.13 Å². The zero-order valence-electron chi connectivity index (χ0n) is 21.5. The van der Waals surface area contributed by atoms with E-state index in [1.54, 1.807) is 27.5 Å². The Kier molecular flexibility index (Phi) is 8.00. The number of nitrogens with one attached hydrogen (secondary N) is 1. The van der Waals surface area contributed by atoms with E-state index in [0.717, 1.165) is 30.4 Å². The molecule has 0 fully saturated rings. The van der Waals surface area contributed by atoms with E-state index in [1.807, 2.05) is 41.5 Å². The number of carbonyl (C=O) groups excluding carboxylic acids is 1. The molecule has 2 N–H and O–H groups in total. The number of aromatic hydroxyl groups is 1. The largest absolute Gasteiger partial charge is 0.507 e. The summed E-state index contributed by atoms with van der Waals surface area (Å²) in [5.74, 6) is 0.642. The van der Waals surface area contributed by atoms with Gasteiger partial charge in [0.2, 0.25) is 5.62 Å². The van der Waals surface area contributed by atoms with Crippen molar-refractivity contribution in [3.8, 4) is 11.8 Å². The van der Waals surface area contributed by atoms with Gasteiger partial charge in [-0.25, -0.2) is 0 Å². The fourth-order valence-corrected chi connectivity index (χ4v) is 4.18. The van der Waals surface area contributed by atoms with Crippen LogP contribution in [-0.4, -0.2) is 20.0 Å². The van der Waals surface area contributed by atoms with Gasteiger partial charge in [-0.05, 0) is 35.3 Å². The van der Waals surface area contributed by atoms with E-state index in [0.29, 0.717) is 23.7 Å². The summed E-state index contributed by atoms with van der Waals surface area (Å²) in [5.41, 5.74) is 1.87. The molecule has 6 nitrogen and oxygen atoms in total. The van der Waals surface area contributed by atoms with Crippen LogP contribution in [0.2, 0.25) is 0 Å². The van der Waals surface area contributed by atoms with Crippen LogP contribution in [0, 0.1) is 22.7 Å². The SMILES string of the molecule is CCC(CC)CCn1c(C#N)cn(CC(=O)c2cc(C(C)(C)C)c(O)c(C(C)(C)C)c2)c1=N. The maximum absolute atomic E-state index is 13.3. The predicted molar refractivity (Wildman–Crippen MR) is 132 cm³/mol. The number of phenolic OH excluding ortho intramolecular Hbond substituents is 1. The number of aromatic nitrogens is 2. The van der Waals surface area contributed by atoms with E-state index >= 15 is 0 Å². The molecule has 0 unspecified atom stereocenters. The first-order chi connectivity index (χ1) is 15.2. The highest BCUT2D eigenvalue weighted by Gasteiger charge is 2.28. The summed E-state index contributed by atoms with van der Waals surface area (Å²) in [6, 6.07) is 5.71. The summed E-state index contributed by atoms with van der Waals surface area (Å²) in [7, 11) is 0. The molecule has 1 aromatic heterocycles. The molecule has 2 rings (SSSR count).